The Morgan fingerprint density at radius 1 is 1.36 bits per heavy atom. The minimum atomic E-state index is -0.568. The van der Waals surface area contributed by atoms with Gasteiger partial charge >= 0.3 is 0 Å². The number of carbonyl (C=O) groups is 1. The van der Waals surface area contributed by atoms with Crippen LogP contribution in [0.5, 0.6) is 0 Å². The normalized spacial score (nSPS) is 12.4. The molecule has 0 saturated heterocycles. The van der Waals surface area contributed by atoms with Crippen molar-refractivity contribution in [1.82, 2.24) is 0 Å². The van der Waals surface area contributed by atoms with E-state index in [2.05, 4.69) is 0 Å². The van der Waals surface area contributed by atoms with E-state index in [-0.39, 0.29) is 0 Å². The molecule has 14 heavy (non-hydrogen) atoms. The topological polar surface area (TPSA) is 89.3 Å². The molecule has 1 amide bonds. The van der Waals surface area contributed by atoms with Crippen molar-refractivity contribution in [3.05, 3.63) is 35.4 Å². The van der Waals surface area contributed by atoms with Crippen molar-refractivity contribution in [2.45, 2.75) is 12.5 Å². The van der Waals surface area contributed by atoms with E-state index >= 15 is 0 Å². The van der Waals surface area contributed by atoms with Crippen molar-refractivity contribution >= 4 is 5.91 Å². The Labute approximate surface area is 82.5 Å². The molecule has 0 aromatic heterocycles. The average molecular weight is 194 g/mol. The zero-order valence-corrected chi connectivity index (χ0v) is 7.81. The zero-order chi connectivity index (χ0) is 10.6. The minimum absolute atomic E-state index is 0.429. The summed E-state index contributed by atoms with van der Waals surface area (Å²) in [6.45, 7) is 0.429. The van der Waals surface area contributed by atoms with Crippen LogP contribution in [-0.4, -0.2) is 17.6 Å². The predicted molar refractivity (Wildman–Crippen MR) is 53.6 cm³/mol. The first kappa shape index (κ1) is 10.7. The molecule has 1 aromatic rings. The van der Waals surface area contributed by atoms with Gasteiger partial charge in [0.25, 0.3) is 0 Å². The summed E-state index contributed by atoms with van der Waals surface area (Å²) >= 11 is 0. The molecule has 1 aromatic carbocycles. The van der Waals surface area contributed by atoms with Crippen LogP contribution in [0.3, 0.4) is 0 Å². The van der Waals surface area contributed by atoms with Crippen LogP contribution in [0.15, 0.2) is 24.3 Å². The Morgan fingerprint density at radius 2 is 1.93 bits per heavy atom. The number of carbonyl (C=O) groups excluding carboxylic acids is 1. The molecule has 0 saturated carbocycles. The van der Waals surface area contributed by atoms with Crippen molar-refractivity contribution < 1.29 is 9.90 Å². The Hall–Kier alpha value is -1.39. The lowest BCUT2D eigenvalue weighted by atomic mass is 10.0. The Balaban J connectivity index is 2.77. The molecule has 0 spiro atoms. The third-order valence-electron chi connectivity index (χ3n) is 2.02. The third kappa shape index (κ3) is 2.55. The van der Waals surface area contributed by atoms with Crippen LogP contribution in [-0.2, 0) is 0 Å². The highest BCUT2D eigenvalue weighted by molar-refractivity contribution is 5.92. The summed E-state index contributed by atoms with van der Waals surface area (Å²) in [4.78, 5) is 10.7. The fourth-order valence-corrected chi connectivity index (χ4v) is 1.19. The summed E-state index contributed by atoms with van der Waals surface area (Å²) in [5, 5.41) is 9.55. The fraction of sp³-hybridized carbons (Fsp3) is 0.300. The highest BCUT2D eigenvalue weighted by Crippen LogP contribution is 2.16. The maximum atomic E-state index is 10.7. The van der Waals surface area contributed by atoms with Crippen LogP contribution >= 0.6 is 0 Å². The maximum Gasteiger partial charge on any atom is 0.248 e. The molecule has 0 aliphatic rings. The molecular weight excluding hydrogens is 180 g/mol. The third-order valence-corrected chi connectivity index (χ3v) is 2.02. The average Bonchev–Trinajstić information content (AvgIpc) is 2.18. The van der Waals surface area contributed by atoms with Gasteiger partial charge in [0.15, 0.2) is 0 Å². The lowest BCUT2D eigenvalue weighted by Gasteiger charge is -2.09. The molecule has 1 unspecified atom stereocenters. The number of aliphatic hydroxyl groups excluding tert-OH is 1. The van der Waals surface area contributed by atoms with Crippen LogP contribution < -0.4 is 11.5 Å². The van der Waals surface area contributed by atoms with Crippen molar-refractivity contribution in [3.63, 3.8) is 0 Å². The first-order chi connectivity index (χ1) is 6.65. The van der Waals surface area contributed by atoms with Gasteiger partial charge in [-0.1, -0.05) is 12.1 Å². The molecule has 0 heterocycles. The van der Waals surface area contributed by atoms with Gasteiger partial charge in [-0.25, -0.2) is 0 Å². The second kappa shape index (κ2) is 4.74. The van der Waals surface area contributed by atoms with Crippen LogP contribution in [0.4, 0.5) is 0 Å². The van der Waals surface area contributed by atoms with Gasteiger partial charge in [0.05, 0.1) is 6.10 Å². The van der Waals surface area contributed by atoms with Crippen LogP contribution in [0.1, 0.15) is 28.4 Å². The molecule has 1 rings (SSSR count). The largest absolute Gasteiger partial charge is 0.388 e. The molecule has 1 atom stereocenters. The standard InChI is InChI=1S/C10H14N2O2/c11-6-5-9(13)7-1-3-8(4-2-7)10(12)14/h1-4,9,13H,5-6,11H2,(H2,12,14). The van der Waals surface area contributed by atoms with Crippen LogP contribution in [0.2, 0.25) is 0 Å². The zero-order valence-electron chi connectivity index (χ0n) is 7.81. The van der Waals surface area contributed by atoms with E-state index in [0.29, 0.717) is 18.5 Å². The quantitative estimate of drug-likeness (QED) is 0.638. The number of amides is 1. The van der Waals surface area contributed by atoms with Gasteiger partial charge in [-0.15, -0.1) is 0 Å². The Kier molecular flexibility index (Phi) is 3.62. The van der Waals surface area contributed by atoms with E-state index in [1.807, 2.05) is 0 Å². The molecule has 0 aliphatic carbocycles. The van der Waals surface area contributed by atoms with E-state index in [1.54, 1.807) is 24.3 Å². The van der Waals surface area contributed by atoms with Gasteiger partial charge in [-0.3, -0.25) is 4.79 Å². The van der Waals surface area contributed by atoms with Gasteiger partial charge in [0.2, 0.25) is 5.91 Å². The van der Waals surface area contributed by atoms with Gasteiger partial charge in [-0.05, 0) is 30.7 Å². The molecule has 5 N–H and O–H groups in total. The summed E-state index contributed by atoms with van der Waals surface area (Å²) in [6.07, 6.45) is -0.0578. The number of rotatable bonds is 4. The molecule has 4 nitrogen and oxygen atoms in total. The minimum Gasteiger partial charge on any atom is -0.388 e. The number of aliphatic hydroxyl groups is 1. The van der Waals surface area contributed by atoms with E-state index in [9.17, 15) is 9.90 Å². The van der Waals surface area contributed by atoms with Crippen LogP contribution in [0, 0.1) is 0 Å². The van der Waals surface area contributed by atoms with Gasteiger partial charge < -0.3 is 16.6 Å². The molecule has 4 heteroatoms. The van der Waals surface area contributed by atoms with E-state index in [0.717, 1.165) is 5.56 Å². The second-order valence-electron chi connectivity index (χ2n) is 3.08. The monoisotopic (exact) mass is 194 g/mol. The summed E-state index contributed by atoms with van der Waals surface area (Å²) in [5.41, 5.74) is 11.6. The van der Waals surface area contributed by atoms with Crippen molar-refractivity contribution in [3.8, 4) is 0 Å². The molecule has 0 aliphatic heterocycles. The lowest BCUT2D eigenvalue weighted by molar-refractivity contribution is 0.1000. The number of hydrogen-bond acceptors (Lipinski definition) is 3. The number of hydrogen-bond donors (Lipinski definition) is 3. The summed E-state index contributed by atoms with van der Waals surface area (Å²) < 4.78 is 0. The van der Waals surface area contributed by atoms with Gasteiger partial charge in [-0.2, -0.15) is 0 Å². The van der Waals surface area contributed by atoms with E-state index in [4.69, 9.17) is 11.5 Å². The molecule has 76 valence electrons. The predicted octanol–water partition coefficient (Wildman–Crippen LogP) is 0.168. The Morgan fingerprint density at radius 3 is 2.36 bits per heavy atom. The smallest absolute Gasteiger partial charge is 0.248 e. The number of primary amides is 1. The molecule has 0 bridgehead atoms. The van der Waals surface area contributed by atoms with E-state index in [1.165, 1.54) is 0 Å². The van der Waals surface area contributed by atoms with Crippen molar-refractivity contribution in [2.24, 2.45) is 11.5 Å². The Bertz CT molecular complexity index is 308. The fourth-order valence-electron chi connectivity index (χ4n) is 1.19. The molecule has 0 radical (unpaired) electrons. The highest BCUT2D eigenvalue weighted by Gasteiger charge is 2.06. The SMILES string of the molecule is NCCC(O)c1ccc(C(N)=O)cc1. The first-order valence-electron chi connectivity index (χ1n) is 4.43. The number of nitrogens with two attached hydrogens (primary N) is 2. The summed E-state index contributed by atoms with van der Waals surface area (Å²) in [7, 11) is 0. The maximum absolute atomic E-state index is 10.7. The number of benzene rings is 1. The van der Waals surface area contributed by atoms with Gasteiger partial charge in [0.1, 0.15) is 0 Å². The lowest BCUT2D eigenvalue weighted by Crippen LogP contribution is -2.11. The van der Waals surface area contributed by atoms with E-state index < -0.39 is 12.0 Å². The van der Waals surface area contributed by atoms with Crippen molar-refractivity contribution in [1.29, 1.82) is 0 Å². The molecule has 0 fully saturated rings. The van der Waals surface area contributed by atoms with Crippen molar-refractivity contribution in [2.75, 3.05) is 6.54 Å². The summed E-state index contributed by atoms with van der Waals surface area (Å²) in [5.74, 6) is -0.468. The molecular formula is C10H14N2O2. The van der Waals surface area contributed by atoms with Crippen LogP contribution in [0.25, 0.3) is 0 Å². The summed E-state index contributed by atoms with van der Waals surface area (Å²) in [6, 6.07) is 6.55. The second-order valence-corrected chi connectivity index (χ2v) is 3.08. The highest BCUT2D eigenvalue weighted by atomic mass is 16.3. The van der Waals surface area contributed by atoms with Gasteiger partial charge in [0, 0.05) is 5.56 Å². The first-order valence-corrected chi connectivity index (χ1v) is 4.43.